The number of esters is 1. The highest BCUT2D eigenvalue weighted by Crippen LogP contribution is 2.21. The van der Waals surface area contributed by atoms with Gasteiger partial charge in [0, 0.05) is 22.6 Å². The van der Waals surface area contributed by atoms with Crippen LogP contribution in [-0.4, -0.2) is 22.9 Å². The van der Waals surface area contributed by atoms with Crippen molar-refractivity contribution in [3.63, 3.8) is 0 Å². The highest BCUT2D eigenvalue weighted by atomic mass is 19.1. The fraction of sp³-hybridized carbons (Fsp3) is 0.143. The van der Waals surface area contributed by atoms with Crippen LogP contribution in [0.5, 0.6) is 0 Å². The molecule has 0 amide bonds. The van der Waals surface area contributed by atoms with Crippen molar-refractivity contribution in [1.29, 1.82) is 0 Å². The molecule has 1 aromatic heterocycles. The lowest BCUT2D eigenvalue weighted by atomic mass is 10.1. The van der Waals surface area contributed by atoms with Crippen LogP contribution < -0.4 is 0 Å². The molecule has 0 saturated heterocycles. The molecule has 0 spiro atoms. The number of para-hydroxylation sites is 1. The molecule has 26 heavy (non-hydrogen) atoms. The zero-order valence-electron chi connectivity index (χ0n) is 14.5. The lowest BCUT2D eigenvalue weighted by Crippen LogP contribution is -2.15. The second-order valence-corrected chi connectivity index (χ2v) is 5.93. The van der Waals surface area contributed by atoms with Gasteiger partial charge in [0.25, 0.3) is 0 Å². The number of hydrogen-bond acceptors (Lipinski definition) is 3. The van der Waals surface area contributed by atoms with Gasteiger partial charge in [0.05, 0.1) is 5.56 Å². The highest BCUT2D eigenvalue weighted by molar-refractivity contribution is 6.00. The van der Waals surface area contributed by atoms with Crippen molar-refractivity contribution in [1.82, 2.24) is 4.57 Å². The van der Waals surface area contributed by atoms with Crippen molar-refractivity contribution in [2.75, 3.05) is 6.61 Å². The normalized spacial score (nSPS) is 10.6. The van der Waals surface area contributed by atoms with Crippen LogP contribution in [0.25, 0.3) is 5.69 Å². The molecule has 0 fully saturated rings. The van der Waals surface area contributed by atoms with E-state index in [0.29, 0.717) is 5.56 Å². The Morgan fingerprint density at radius 3 is 2.31 bits per heavy atom. The van der Waals surface area contributed by atoms with Gasteiger partial charge in [-0.2, -0.15) is 0 Å². The fourth-order valence-electron chi connectivity index (χ4n) is 2.93. The Labute approximate surface area is 150 Å². The monoisotopic (exact) mass is 351 g/mol. The maximum Gasteiger partial charge on any atom is 0.341 e. The summed E-state index contributed by atoms with van der Waals surface area (Å²) in [4.78, 5) is 24.5. The van der Waals surface area contributed by atoms with Crippen LogP contribution in [-0.2, 0) is 4.74 Å². The van der Waals surface area contributed by atoms with Crippen molar-refractivity contribution in [2.45, 2.75) is 13.8 Å². The summed E-state index contributed by atoms with van der Waals surface area (Å²) in [6.07, 6.45) is 0. The maximum absolute atomic E-state index is 13.6. The van der Waals surface area contributed by atoms with Gasteiger partial charge in [0.1, 0.15) is 5.82 Å². The zero-order valence-corrected chi connectivity index (χ0v) is 14.5. The number of aryl methyl sites for hydroxylation is 1. The molecule has 0 aliphatic rings. The molecule has 3 rings (SSSR count). The number of benzene rings is 2. The van der Waals surface area contributed by atoms with E-state index in [1.807, 2.05) is 48.7 Å². The quantitative estimate of drug-likeness (QED) is 0.509. The Hall–Kier alpha value is -3.21. The first-order valence-corrected chi connectivity index (χ1v) is 8.18. The Balaban J connectivity index is 1.77. The molecule has 132 valence electrons. The first-order valence-electron chi connectivity index (χ1n) is 8.18. The van der Waals surface area contributed by atoms with E-state index in [2.05, 4.69) is 0 Å². The van der Waals surface area contributed by atoms with Crippen LogP contribution in [0.3, 0.4) is 0 Å². The molecule has 2 aromatic carbocycles. The van der Waals surface area contributed by atoms with Gasteiger partial charge in [-0.25, -0.2) is 9.18 Å². The van der Waals surface area contributed by atoms with Crippen LogP contribution in [0.4, 0.5) is 4.39 Å². The standard InChI is InChI=1S/C21H18FNO3/c1-14-12-18(15(2)23(14)16-8-4-3-5-9-16)20(24)13-26-21(25)17-10-6-7-11-19(17)22/h3-12H,13H2,1-2H3. The largest absolute Gasteiger partial charge is 0.454 e. The van der Waals surface area contributed by atoms with Crippen molar-refractivity contribution >= 4 is 11.8 Å². The molecule has 1 heterocycles. The summed E-state index contributed by atoms with van der Waals surface area (Å²) in [6, 6.07) is 16.9. The molecule has 0 atom stereocenters. The van der Waals surface area contributed by atoms with E-state index in [4.69, 9.17) is 4.74 Å². The number of rotatable bonds is 5. The minimum atomic E-state index is -0.853. The molecule has 0 aliphatic heterocycles. The van der Waals surface area contributed by atoms with E-state index in [0.717, 1.165) is 17.1 Å². The Morgan fingerprint density at radius 1 is 0.962 bits per heavy atom. The third kappa shape index (κ3) is 3.42. The summed E-state index contributed by atoms with van der Waals surface area (Å²) >= 11 is 0. The summed E-state index contributed by atoms with van der Waals surface area (Å²) in [7, 11) is 0. The van der Waals surface area contributed by atoms with Gasteiger partial charge >= 0.3 is 5.97 Å². The van der Waals surface area contributed by atoms with Gasteiger partial charge in [-0.05, 0) is 44.2 Å². The fourth-order valence-corrected chi connectivity index (χ4v) is 2.93. The topological polar surface area (TPSA) is 48.3 Å². The van der Waals surface area contributed by atoms with Crippen molar-refractivity contribution in [3.05, 3.63) is 89.0 Å². The number of ether oxygens (including phenoxy) is 1. The molecule has 3 aromatic rings. The van der Waals surface area contributed by atoms with Gasteiger partial charge in [0.15, 0.2) is 6.61 Å². The SMILES string of the molecule is Cc1cc(C(=O)COC(=O)c2ccccc2F)c(C)n1-c1ccccc1. The molecule has 0 saturated carbocycles. The van der Waals surface area contributed by atoms with Gasteiger partial charge < -0.3 is 9.30 Å². The molecule has 0 bridgehead atoms. The van der Waals surface area contributed by atoms with E-state index in [9.17, 15) is 14.0 Å². The summed E-state index contributed by atoms with van der Waals surface area (Å²) in [5.74, 6) is -1.86. The number of hydrogen-bond donors (Lipinski definition) is 0. The smallest absolute Gasteiger partial charge is 0.341 e. The summed E-state index contributed by atoms with van der Waals surface area (Å²) in [5.41, 5.74) is 2.91. The predicted molar refractivity (Wildman–Crippen MR) is 96.3 cm³/mol. The van der Waals surface area contributed by atoms with Gasteiger partial charge in [-0.3, -0.25) is 4.79 Å². The van der Waals surface area contributed by atoms with Gasteiger partial charge in [0.2, 0.25) is 5.78 Å². The average molecular weight is 351 g/mol. The lowest BCUT2D eigenvalue weighted by molar-refractivity contribution is 0.0470. The number of carbonyl (C=O) groups excluding carboxylic acids is 2. The lowest BCUT2D eigenvalue weighted by Gasteiger charge is -2.09. The summed E-state index contributed by atoms with van der Waals surface area (Å²) in [5, 5.41) is 0. The number of carbonyl (C=O) groups is 2. The second-order valence-electron chi connectivity index (χ2n) is 5.93. The molecule has 5 heteroatoms. The zero-order chi connectivity index (χ0) is 18.7. The molecule has 0 radical (unpaired) electrons. The molecule has 0 aliphatic carbocycles. The Morgan fingerprint density at radius 2 is 1.62 bits per heavy atom. The van der Waals surface area contributed by atoms with E-state index < -0.39 is 18.4 Å². The third-order valence-corrected chi connectivity index (χ3v) is 4.17. The average Bonchev–Trinajstić information content (AvgIpc) is 2.95. The molecule has 0 N–H and O–H groups in total. The third-order valence-electron chi connectivity index (χ3n) is 4.17. The van der Waals surface area contributed by atoms with Gasteiger partial charge in [-0.15, -0.1) is 0 Å². The minimum Gasteiger partial charge on any atom is -0.454 e. The highest BCUT2D eigenvalue weighted by Gasteiger charge is 2.19. The predicted octanol–water partition coefficient (Wildman–Crippen LogP) is 4.27. The summed E-state index contributed by atoms with van der Waals surface area (Å²) in [6.45, 7) is 3.31. The van der Waals surface area contributed by atoms with Gasteiger partial charge in [-0.1, -0.05) is 30.3 Å². The molecular weight excluding hydrogens is 333 g/mol. The Bertz CT molecular complexity index is 961. The van der Waals surface area contributed by atoms with Crippen molar-refractivity contribution < 1.29 is 18.7 Å². The van der Waals surface area contributed by atoms with Crippen molar-refractivity contribution in [3.8, 4) is 5.69 Å². The number of aromatic nitrogens is 1. The maximum atomic E-state index is 13.6. The van der Waals surface area contributed by atoms with E-state index in [-0.39, 0.29) is 11.3 Å². The first-order chi connectivity index (χ1) is 12.5. The number of ketones is 1. The van der Waals surface area contributed by atoms with Crippen LogP contribution in [0, 0.1) is 19.7 Å². The Kier molecular flexibility index (Phi) is 4.98. The number of nitrogens with zero attached hydrogens (tertiary/aromatic N) is 1. The van der Waals surface area contributed by atoms with Crippen LogP contribution in [0.1, 0.15) is 32.1 Å². The van der Waals surface area contributed by atoms with E-state index in [1.165, 1.54) is 24.3 Å². The number of halogens is 1. The summed E-state index contributed by atoms with van der Waals surface area (Å²) < 4.78 is 20.6. The first kappa shape index (κ1) is 17.6. The van der Waals surface area contributed by atoms with E-state index in [1.54, 1.807) is 6.07 Å². The minimum absolute atomic E-state index is 0.185. The molecule has 0 unspecified atom stereocenters. The molecular formula is C21H18FNO3. The van der Waals surface area contributed by atoms with Crippen molar-refractivity contribution in [2.24, 2.45) is 0 Å². The van der Waals surface area contributed by atoms with Crippen LogP contribution in [0.15, 0.2) is 60.7 Å². The number of Topliss-reactive ketones (excluding diaryl/α,β-unsaturated/α-hetero) is 1. The van der Waals surface area contributed by atoms with E-state index >= 15 is 0 Å². The van der Waals surface area contributed by atoms with Crippen LogP contribution in [0.2, 0.25) is 0 Å². The van der Waals surface area contributed by atoms with Crippen LogP contribution >= 0.6 is 0 Å². The second kappa shape index (κ2) is 7.35. The molecule has 4 nitrogen and oxygen atoms in total.